The summed E-state index contributed by atoms with van der Waals surface area (Å²) in [7, 11) is 0. The zero-order valence-electron chi connectivity index (χ0n) is 8.90. The lowest BCUT2D eigenvalue weighted by atomic mass is 10.5. The average Bonchev–Trinajstić information content (AvgIpc) is 2.26. The standard InChI is InChI=1S/C10H18N4/c1-3-11-8-9-14(4-2)10-12-6-5-7-13-10/h5-7,11H,3-4,8-9H2,1-2H3. The van der Waals surface area contributed by atoms with Crippen molar-refractivity contribution in [3.8, 4) is 0 Å². The van der Waals surface area contributed by atoms with E-state index in [1.807, 2.05) is 6.07 Å². The van der Waals surface area contributed by atoms with Crippen molar-refractivity contribution >= 4 is 5.95 Å². The third-order valence-electron chi connectivity index (χ3n) is 2.03. The molecule has 0 unspecified atom stereocenters. The quantitative estimate of drug-likeness (QED) is 0.683. The van der Waals surface area contributed by atoms with Crippen LogP contribution in [0.15, 0.2) is 18.5 Å². The monoisotopic (exact) mass is 194 g/mol. The molecule has 0 bridgehead atoms. The molecule has 0 saturated carbocycles. The Bertz CT molecular complexity index is 237. The van der Waals surface area contributed by atoms with Crippen LogP contribution in [-0.4, -0.2) is 36.1 Å². The van der Waals surface area contributed by atoms with Gasteiger partial charge in [-0.15, -0.1) is 0 Å². The van der Waals surface area contributed by atoms with E-state index < -0.39 is 0 Å². The summed E-state index contributed by atoms with van der Waals surface area (Å²) in [4.78, 5) is 10.6. The molecule has 1 rings (SSSR count). The maximum absolute atomic E-state index is 4.22. The van der Waals surface area contributed by atoms with Gasteiger partial charge in [0.15, 0.2) is 0 Å². The van der Waals surface area contributed by atoms with E-state index in [9.17, 15) is 0 Å². The Morgan fingerprint density at radius 3 is 2.57 bits per heavy atom. The average molecular weight is 194 g/mol. The third kappa shape index (κ3) is 3.30. The minimum Gasteiger partial charge on any atom is -0.340 e. The van der Waals surface area contributed by atoms with Gasteiger partial charge in [0.25, 0.3) is 0 Å². The van der Waals surface area contributed by atoms with Gasteiger partial charge in [-0.05, 0) is 19.5 Å². The Hall–Kier alpha value is -1.16. The molecule has 1 N–H and O–H groups in total. The van der Waals surface area contributed by atoms with Crippen molar-refractivity contribution in [2.75, 3.05) is 31.1 Å². The molecule has 78 valence electrons. The number of hydrogen-bond donors (Lipinski definition) is 1. The van der Waals surface area contributed by atoms with E-state index in [4.69, 9.17) is 0 Å². The highest BCUT2D eigenvalue weighted by atomic mass is 15.2. The fourth-order valence-corrected chi connectivity index (χ4v) is 1.24. The van der Waals surface area contributed by atoms with Gasteiger partial charge in [-0.3, -0.25) is 0 Å². The van der Waals surface area contributed by atoms with Crippen molar-refractivity contribution in [2.45, 2.75) is 13.8 Å². The Kier molecular flexibility index (Phi) is 4.93. The first-order valence-corrected chi connectivity index (χ1v) is 5.11. The molecule has 0 radical (unpaired) electrons. The lowest BCUT2D eigenvalue weighted by molar-refractivity contribution is 0.678. The van der Waals surface area contributed by atoms with E-state index in [0.29, 0.717) is 0 Å². The number of rotatable bonds is 6. The third-order valence-corrected chi connectivity index (χ3v) is 2.03. The second kappa shape index (κ2) is 6.32. The lowest BCUT2D eigenvalue weighted by Gasteiger charge is -2.20. The fourth-order valence-electron chi connectivity index (χ4n) is 1.24. The number of nitrogens with zero attached hydrogens (tertiary/aromatic N) is 3. The van der Waals surface area contributed by atoms with Crippen LogP contribution in [0.1, 0.15) is 13.8 Å². The molecule has 1 aromatic rings. The van der Waals surface area contributed by atoms with Gasteiger partial charge >= 0.3 is 0 Å². The Morgan fingerprint density at radius 1 is 1.29 bits per heavy atom. The van der Waals surface area contributed by atoms with E-state index in [0.717, 1.165) is 32.1 Å². The van der Waals surface area contributed by atoms with Crippen LogP contribution in [0.25, 0.3) is 0 Å². The van der Waals surface area contributed by atoms with Crippen LogP contribution >= 0.6 is 0 Å². The van der Waals surface area contributed by atoms with Gasteiger partial charge in [0.1, 0.15) is 0 Å². The Labute approximate surface area is 85.4 Å². The molecule has 0 atom stereocenters. The molecule has 0 aliphatic heterocycles. The molecule has 0 fully saturated rings. The summed E-state index contributed by atoms with van der Waals surface area (Å²) in [5, 5.41) is 3.29. The summed E-state index contributed by atoms with van der Waals surface area (Å²) in [6.45, 7) is 8.09. The van der Waals surface area contributed by atoms with Gasteiger partial charge in [0, 0.05) is 32.0 Å². The number of anilines is 1. The smallest absolute Gasteiger partial charge is 0.225 e. The van der Waals surface area contributed by atoms with Crippen molar-refractivity contribution in [3.05, 3.63) is 18.5 Å². The van der Waals surface area contributed by atoms with E-state index >= 15 is 0 Å². The Balaban J connectivity index is 2.46. The van der Waals surface area contributed by atoms with Crippen LogP contribution < -0.4 is 10.2 Å². The molecular weight excluding hydrogens is 176 g/mol. The summed E-state index contributed by atoms with van der Waals surface area (Å²) in [6, 6.07) is 1.83. The van der Waals surface area contributed by atoms with Gasteiger partial charge < -0.3 is 10.2 Å². The highest BCUT2D eigenvalue weighted by Gasteiger charge is 2.04. The number of likely N-dealkylation sites (N-methyl/N-ethyl adjacent to an activating group) is 2. The summed E-state index contributed by atoms with van der Waals surface area (Å²) >= 11 is 0. The Morgan fingerprint density at radius 2 is 2.00 bits per heavy atom. The van der Waals surface area contributed by atoms with Gasteiger partial charge in [-0.1, -0.05) is 6.92 Å². The van der Waals surface area contributed by atoms with Crippen LogP contribution in [0.4, 0.5) is 5.95 Å². The first kappa shape index (κ1) is 10.9. The van der Waals surface area contributed by atoms with Crippen molar-refractivity contribution in [1.82, 2.24) is 15.3 Å². The highest BCUT2D eigenvalue weighted by Crippen LogP contribution is 2.02. The van der Waals surface area contributed by atoms with E-state index in [1.165, 1.54) is 0 Å². The molecule has 0 aliphatic carbocycles. The molecule has 0 amide bonds. The van der Waals surface area contributed by atoms with Crippen LogP contribution in [-0.2, 0) is 0 Å². The summed E-state index contributed by atoms with van der Waals surface area (Å²) in [5.74, 6) is 0.813. The van der Waals surface area contributed by atoms with Gasteiger partial charge in [0.2, 0.25) is 5.95 Å². The van der Waals surface area contributed by atoms with Crippen molar-refractivity contribution in [1.29, 1.82) is 0 Å². The zero-order chi connectivity index (χ0) is 10.2. The number of aromatic nitrogens is 2. The number of nitrogens with one attached hydrogen (secondary N) is 1. The molecular formula is C10H18N4. The molecule has 0 saturated heterocycles. The maximum atomic E-state index is 4.22. The molecule has 4 heteroatoms. The molecule has 14 heavy (non-hydrogen) atoms. The van der Waals surface area contributed by atoms with E-state index in [2.05, 4.69) is 34.0 Å². The molecule has 1 aromatic heterocycles. The van der Waals surface area contributed by atoms with Crippen LogP contribution in [0, 0.1) is 0 Å². The van der Waals surface area contributed by atoms with Crippen LogP contribution in [0.3, 0.4) is 0 Å². The largest absolute Gasteiger partial charge is 0.340 e. The van der Waals surface area contributed by atoms with Crippen molar-refractivity contribution in [2.24, 2.45) is 0 Å². The maximum Gasteiger partial charge on any atom is 0.225 e. The van der Waals surface area contributed by atoms with E-state index in [-0.39, 0.29) is 0 Å². The predicted molar refractivity (Wildman–Crippen MR) is 58.5 cm³/mol. The topological polar surface area (TPSA) is 41.0 Å². The molecule has 4 nitrogen and oxygen atoms in total. The molecule has 1 heterocycles. The molecule has 0 aliphatic rings. The van der Waals surface area contributed by atoms with Gasteiger partial charge in [-0.2, -0.15) is 0 Å². The predicted octanol–water partition coefficient (Wildman–Crippen LogP) is 0.912. The van der Waals surface area contributed by atoms with Gasteiger partial charge in [-0.25, -0.2) is 9.97 Å². The highest BCUT2D eigenvalue weighted by molar-refractivity contribution is 5.27. The molecule has 0 spiro atoms. The minimum atomic E-state index is 0.813. The normalized spacial score (nSPS) is 10.1. The van der Waals surface area contributed by atoms with Crippen molar-refractivity contribution < 1.29 is 0 Å². The number of hydrogen-bond acceptors (Lipinski definition) is 4. The summed E-state index contributed by atoms with van der Waals surface area (Å²) in [6.07, 6.45) is 3.55. The second-order valence-electron chi connectivity index (χ2n) is 2.98. The molecule has 0 aromatic carbocycles. The zero-order valence-corrected chi connectivity index (χ0v) is 8.90. The van der Waals surface area contributed by atoms with Crippen molar-refractivity contribution in [3.63, 3.8) is 0 Å². The van der Waals surface area contributed by atoms with Crippen LogP contribution in [0.5, 0.6) is 0 Å². The fraction of sp³-hybridized carbons (Fsp3) is 0.600. The summed E-state index contributed by atoms with van der Waals surface area (Å²) in [5.41, 5.74) is 0. The SMILES string of the molecule is CCNCCN(CC)c1ncccn1. The minimum absolute atomic E-state index is 0.813. The summed E-state index contributed by atoms with van der Waals surface area (Å²) < 4.78 is 0. The first-order valence-electron chi connectivity index (χ1n) is 5.11. The van der Waals surface area contributed by atoms with E-state index in [1.54, 1.807) is 12.4 Å². The first-order chi connectivity index (χ1) is 6.88. The van der Waals surface area contributed by atoms with Crippen LogP contribution in [0.2, 0.25) is 0 Å². The van der Waals surface area contributed by atoms with Gasteiger partial charge in [0.05, 0.1) is 0 Å². The lowest BCUT2D eigenvalue weighted by Crippen LogP contribution is -2.33. The second-order valence-corrected chi connectivity index (χ2v) is 2.98.